The lowest BCUT2D eigenvalue weighted by Crippen LogP contribution is -2.41. The molecule has 0 radical (unpaired) electrons. The van der Waals surface area contributed by atoms with E-state index in [0.29, 0.717) is 5.96 Å². The molecule has 0 bridgehead atoms. The van der Waals surface area contributed by atoms with E-state index in [0.717, 1.165) is 19.0 Å². The van der Waals surface area contributed by atoms with Gasteiger partial charge in [0, 0.05) is 13.1 Å². The molecule has 5 nitrogen and oxygen atoms in total. The third-order valence-electron chi connectivity index (χ3n) is 3.13. The summed E-state index contributed by atoms with van der Waals surface area (Å²) in [6.07, 6.45) is 3.78. The monoisotopic (exact) mass is 227 g/mol. The SMILES string of the molecule is CCNC(=NCCC1CCN(C)CC1)NN. The second-order valence-electron chi connectivity index (χ2n) is 4.44. The summed E-state index contributed by atoms with van der Waals surface area (Å²) in [6, 6.07) is 0. The van der Waals surface area contributed by atoms with E-state index < -0.39 is 0 Å². The Bertz CT molecular complexity index is 208. The predicted octanol–water partition coefficient (Wildman–Crippen LogP) is 0.147. The average molecular weight is 227 g/mol. The summed E-state index contributed by atoms with van der Waals surface area (Å²) < 4.78 is 0. The zero-order valence-corrected chi connectivity index (χ0v) is 10.5. The van der Waals surface area contributed by atoms with Crippen molar-refractivity contribution in [1.82, 2.24) is 15.6 Å². The minimum atomic E-state index is 0.704. The number of aliphatic imine (C=N–C) groups is 1. The largest absolute Gasteiger partial charge is 0.356 e. The Labute approximate surface area is 98.4 Å². The molecule has 16 heavy (non-hydrogen) atoms. The molecule has 1 rings (SSSR count). The van der Waals surface area contributed by atoms with Crippen LogP contribution >= 0.6 is 0 Å². The number of guanidine groups is 1. The molecule has 94 valence electrons. The molecule has 0 atom stereocenters. The van der Waals surface area contributed by atoms with E-state index in [-0.39, 0.29) is 0 Å². The van der Waals surface area contributed by atoms with Crippen LogP contribution in [0.25, 0.3) is 0 Å². The van der Waals surface area contributed by atoms with Crippen molar-refractivity contribution in [1.29, 1.82) is 0 Å². The van der Waals surface area contributed by atoms with Gasteiger partial charge in [-0.15, -0.1) is 0 Å². The van der Waals surface area contributed by atoms with E-state index in [1.165, 1.54) is 32.4 Å². The maximum absolute atomic E-state index is 5.35. The van der Waals surface area contributed by atoms with E-state index in [9.17, 15) is 0 Å². The average Bonchev–Trinajstić information content (AvgIpc) is 2.30. The van der Waals surface area contributed by atoms with E-state index in [1.54, 1.807) is 0 Å². The Balaban J connectivity index is 2.18. The van der Waals surface area contributed by atoms with Crippen LogP contribution in [0, 0.1) is 5.92 Å². The molecule has 0 unspecified atom stereocenters. The second-order valence-corrected chi connectivity index (χ2v) is 4.44. The molecule has 0 aromatic heterocycles. The highest BCUT2D eigenvalue weighted by Gasteiger charge is 2.15. The molecule has 0 aliphatic carbocycles. The van der Waals surface area contributed by atoms with Crippen molar-refractivity contribution in [2.75, 3.05) is 33.2 Å². The topological polar surface area (TPSA) is 65.7 Å². The standard InChI is InChI=1S/C11H25N5/c1-3-13-11(15-12)14-7-4-10-5-8-16(2)9-6-10/h10H,3-9,12H2,1-2H3,(H2,13,14,15). The summed E-state index contributed by atoms with van der Waals surface area (Å²) in [7, 11) is 2.19. The van der Waals surface area contributed by atoms with Gasteiger partial charge in [0.1, 0.15) is 0 Å². The van der Waals surface area contributed by atoms with Crippen LogP contribution in [0.4, 0.5) is 0 Å². The maximum Gasteiger partial charge on any atom is 0.205 e. The van der Waals surface area contributed by atoms with Crippen LogP contribution in [0.1, 0.15) is 26.2 Å². The van der Waals surface area contributed by atoms with Gasteiger partial charge in [-0.3, -0.25) is 10.4 Å². The number of nitrogens with two attached hydrogens (primary N) is 1. The smallest absolute Gasteiger partial charge is 0.205 e. The Hall–Kier alpha value is -0.810. The molecule has 1 aliphatic rings. The first-order valence-corrected chi connectivity index (χ1v) is 6.19. The lowest BCUT2D eigenvalue weighted by Gasteiger charge is -2.28. The van der Waals surface area contributed by atoms with Gasteiger partial charge in [0.2, 0.25) is 5.96 Å². The van der Waals surface area contributed by atoms with Crippen LogP contribution in [-0.4, -0.2) is 44.1 Å². The molecule has 1 aliphatic heterocycles. The number of nitrogens with one attached hydrogen (secondary N) is 2. The number of rotatable bonds is 4. The molecule has 0 aromatic carbocycles. The number of piperidine rings is 1. The summed E-state index contributed by atoms with van der Waals surface area (Å²) in [5.74, 6) is 6.88. The first-order chi connectivity index (χ1) is 7.76. The van der Waals surface area contributed by atoms with Crippen LogP contribution < -0.4 is 16.6 Å². The van der Waals surface area contributed by atoms with E-state index >= 15 is 0 Å². The Morgan fingerprint density at radius 2 is 2.12 bits per heavy atom. The van der Waals surface area contributed by atoms with Crippen LogP contribution in [0.3, 0.4) is 0 Å². The van der Waals surface area contributed by atoms with Gasteiger partial charge in [-0.25, -0.2) is 5.84 Å². The van der Waals surface area contributed by atoms with Crippen LogP contribution in [-0.2, 0) is 0 Å². The lowest BCUT2D eigenvalue weighted by atomic mass is 9.94. The van der Waals surface area contributed by atoms with Gasteiger partial charge in [-0.05, 0) is 52.2 Å². The summed E-state index contributed by atoms with van der Waals surface area (Å²) in [4.78, 5) is 6.80. The highest BCUT2D eigenvalue weighted by Crippen LogP contribution is 2.19. The highest BCUT2D eigenvalue weighted by molar-refractivity contribution is 5.78. The molecular formula is C11H25N5. The van der Waals surface area contributed by atoms with Gasteiger partial charge >= 0.3 is 0 Å². The fourth-order valence-corrected chi connectivity index (χ4v) is 2.03. The quantitative estimate of drug-likeness (QED) is 0.277. The minimum Gasteiger partial charge on any atom is -0.356 e. The predicted molar refractivity (Wildman–Crippen MR) is 68.1 cm³/mol. The summed E-state index contributed by atoms with van der Waals surface area (Å²) in [5.41, 5.74) is 2.58. The molecule has 5 heteroatoms. The summed E-state index contributed by atoms with van der Waals surface area (Å²) in [5, 5.41) is 3.08. The molecule has 1 saturated heterocycles. The summed E-state index contributed by atoms with van der Waals surface area (Å²) >= 11 is 0. The number of likely N-dealkylation sites (tertiary alicyclic amines) is 1. The van der Waals surface area contributed by atoms with Gasteiger partial charge in [0.15, 0.2) is 0 Å². The third-order valence-corrected chi connectivity index (χ3v) is 3.13. The van der Waals surface area contributed by atoms with Crippen LogP contribution in [0.15, 0.2) is 4.99 Å². The van der Waals surface area contributed by atoms with Gasteiger partial charge in [-0.2, -0.15) is 0 Å². The van der Waals surface area contributed by atoms with Crippen molar-refractivity contribution in [3.63, 3.8) is 0 Å². The van der Waals surface area contributed by atoms with Gasteiger partial charge in [0.05, 0.1) is 0 Å². The molecule has 0 amide bonds. The second kappa shape index (κ2) is 7.46. The lowest BCUT2D eigenvalue weighted by molar-refractivity contribution is 0.214. The number of nitrogens with zero attached hydrogens (tertiary/aromatic N) is 2. The third kappa shape index (κ3) is 4.81. The molecule has 0 aromatic rings. The van der Waals surface area contributed by atoms with E-state index in [2.05, 4.69) is 27.7 Å². The minimum absolute atomic E-state index is 0.704. The molecule has 1 fully saturated rings. The van der Waals surface area contributed by atoms with Crippen LogP contribution in [0.2, 0.25) is 0 Å². The van der Waals surface area contributed by atoms with Gasteiger partial charge in [0.25, 0.3) is 0 Å². The molecule has 0 spiro atoms. The number of hydrogen-bond acceptors (Lipinski definition) is 3. The van der Waals surface area contributed by atoms with Crippen LogP contribution in [0.5, 0.6) is 0 Å². The Morgan fingerprint density at radius 1 is 1.44 bits per heavy atom. The van der Waals surface area contributed by atoms with E-state index in [1.807, 2.05) is 6.92 Å². The van der Waals surface area contributed by atoms with Crippen molar-refractivity contribution in [3.05, 3.63) is 0 Å². The van der Waals surface area contributed by atoms with Crippen molar-refractivity contribution in [2.24, 2.45) is 16.8 Å². The van der Waals surface area contributed by atoms with Gasteiger partial charge < -0.3 is 10.2 Å². The Morgan fingerprint density at radius 3 is 2.69 bits per heavy atom. The van der Waals surface area contributed by atoms with Crippen molar-refractivity contribution >= 4 is 5.96 Å². The first kappa shape index (κ1) is 13.3. The first-order valence-electron chi connectivity index (χ1n) is 6.19. The maximum atomic E-state index is 5.35. The summed E-state index contributed by atoms with van der Waals surface area (Å²) in [6.45, 7) is 6.19. The fraction of sp³-hybridized carbons (Fsp3) is 0.909. The molecular weight excluding hydrogens is 202 g/mol. The molecule has 4 N–H and O–H groups in total. The van der Waals surface area contributed by atoms with Gasteiger partial charge in [-0.1, -0.05) is 0 Å². The zero-order chi connectivity index (χ0) is 11.8. The highest BCUT2D eigenvalue weighted by atomic mass is 15.3. The zero-order valence-electron chi connectivity index (χ0n) is 10.5. The normalized spacial score (nSPS) is 19.8. The van der Waals surface area contributed by atoms with Crippen molar-refractivity contribution < 1.29 is 0 Å². The van der Waals surface area contributed by atoms with Crippen molar-refractivity contribution in [3.8, 4) is 0 Å². The Kier molecular flexibility index (Phi) is 6.18. The fourth-order valence-electron chi connectivity index (χ4n) is 2.03. The number of hydrazine groups is 1. The van der Waals surface area contributed by atoms with Crippen molar-refractivity contribution in [2.45, 2.75) is 26.2 Å². The molecule has 0 saturated carbocycles. The van der Waals surface area contributed by atoms with E-state index in [4.69, 9.17) is 5.84 Å². The molecule has 1 heterocycles. The number of hydrogen-bond donors (Lipinski definition) is 3.